The van der Waals surface area contributed by atoms with E-state index in [-0.39, 0.29) is 5.33 Å². The van der Waals surface area contributed by atoms with Crippen molar-refractivity contribution in [1.29, 1.82) is 0 Å². The summed E-state index contributed by atoms with van der Waals surface area (Å²) in [5.74, 6) is -3.46. The molecule has 15 atom stereocenters. The van der Waals surface area contributed by atoms with Crippen molar-refractivity contribution >= 4 is 21.9 Å². The molecule has 3 aliphatic heterocycles. The van der Waals surface area contributed by atoms with Crippen molar-refractivity contribution in [3.8, 4) is 0 Å². The fourth-order valence-corrected chi connectivity index (χ4v) is 4.63. The molecule has 3 rings (SSSR count). The summed E-state index contributed by atoms with van der Waals surface area (Å²) in [7, 11) is 0. The van der Waals surface area contributed by atoms with Crippen molar-refractivity contribution in [3.05, 3.63) is 0 Å². The molecule has 0 spiro atoms. The molecule has 0 aliphatic carbocycles. The number of carbonyl (C=O) groups excluding carboxylic acids is 1. The van der Waals surface area contributed by atoms with Gasteiger partial charge in [-0.1, -0.05) is 15.9 Å². The van der Waals surface area contributed by atoms with Gasteiger partial charge in [0.2, 0.25) is 0 Å². The third-order valence-corrected chi connectivity index (χ3v) is 7.28. The monoisotopic (exact) mass is 637 g/mol. The molecule has 2 unspecified atom stereocenters. The Morgan fingerprint density at radius 1 is 0.795 bits per heavy atom. The molecular weight excluding hydrogens is 602 g/mol. The van der Waals surface area contributed by atoms with Gasteiger partial charge in [-0.2, -0.15) is 0 Å². The van der Waals surface area contributed by atoms with Crippen molar-refractivity contribution in [3.63, 3.8) is 0 Å². The standard InChI is InChI=1S/C20H36BrN3O15/c21-1-7(28)38-20(4-27)16(32)13(31)10(24)19(39-20)37-15-6(3-26)35-18(9(23)12(15)30)36-14-5(2-25)34-17(33)8(22)11(14)29/h5-6,8-19,25-27,29-33H,1-4,22-24H2/t5-,6-,8-,9-,10-,11-,12-,13-,14?,15?,16+,17-,18+,19+,20+/m1/s1. The predicted molar refractivity (Wildman–Crippen MR) is 126 cm³/mol. The first kappa shape index (κ1) is 32.8. The minimum atomic E-state index is -2.49. The number of halogens is 1. The van der Waals surface area contributed by atoms with E-state index in [4.69, 9.17) is 45.6 Å². The lowest BCUT2D eigenvalue weighted by Crippen LogP contribution is -2.72. The number of nitrogens with two attached hydrogens (primary N) is 3. The van der Waals surface area contributed by atoms with Crippen LogP contribution in [0.25, 0.3) is 0 Å². The van der Waals surface area contributed by atoms with Crippen LogP contribution in [0.4, 0.5) is 0 Å². The van der Waals surface area contributed by atoms with Gasteiger partial charge in [-0.3, -0.25) is 4.79 Å². The van der Waals surface area contributed by atoms with Crippen LogP contribution in [0.15, 0.2) is 0 Å². The molecule has 3 fully saturated rings. The molecule has 0 amide bonds. The molecule has 19 heteroatoms. The van der Waals surface area contributed by atoms with E-state index in [1.165, 1.54) is 0 Å². The lowest BCUT2D eigenvalue weighted by molar-refractivity contribution is -0.398. The number of aliphatic hydroxyl groups is 8. The molecule has 0 bridgehead atoms. The highest BCUT2D eigenvalue weighted by Crippen LogP contribution is 2.34. The molecular formula is C20H36BrN3O15. The van der Waals surface area contributed by atoms with Crippen LogP contribution in [0.5, 0.6) is 0 Å². The van der Waals surface area contributed by atoms with Gasteiger partial charge in [-0.25, -0.2) is 0 Å². The zero-order chi connectivity index (χ0) is 29.2. The smallest absolute Gasteiger partial charge is 0.319 e. The number of hydrogen-bond donors (Lipinski definition) is 11. The van der Waals surface area contributed by atoms with E-state index in [1.807, 2.05) is 0 Å². The molecule has 0 aromatic rings. The molecule has 0 aromatic carbocycles. The van der Waals surface area contributed by atoms with Crippen LogP contribution < -0.4 is 17.2 Å². The SMILES string of the molecule is N[C@H]1[C@@H](OC2[C@@H](CO)O[C@@H](OC3[C@@H](CO)O[C@@H](O)[C@H](N)[C@H]3O)[C@H](N)[C@H]2O)O[C@](CO)(OC(=O)CBr)[C@@H](O)[C@@H]1O. The molecule has 3 aliphatic rings. The topological polar surface area (TPSA) is 312 Å². The number of aliphatic hydroxyl groups excluding tert-OH is 8. The van der Waals surface area contributed by atoms with Gasteiger partial charge in [-0.05, 0) is 0 Å². The number of esters is 1. The average Bonchev–Trinajstić information content (AvgIpc) is 2.93. The van der Waals surface area contributed by atoms with E-state index < -0.39 is 117 Å². The largest absolute Gasteiger partial charge is 0.427 e. The van der Waals surface area contributed by atoms with Gasteiger partial charge in [0.25, 0.3) is 5.79 Å². The summed E-state index contributed by atoms with van der Waals surface area (Å²) in [4.78, 5) is 11.9. The maximum absolute atomic E-state index is 11.9. The summed E-state index contributed by atoms with van der Waals surface area (Å²) < 4.78 is 32.6. The van der Waals surface area contributed by atoms with Gasteiger partial charge in [0.05, 0.1) is 31.3 Å². The Hall–Kier alpha value is -0.690. The molecule has 0 aromatic heterocycles. The Morgan fingerprint density at radius 3 is 1.85 bits per heavy atom. The van der Waals surface area contributed by atoms with Crippen LogP contribution >= 0.6 is 15.9 Å². The Morgan fingerprint density at radius 2 is 1.31 bits per heavy atom. The predicted octanol–water partition coefficient (Wildman–Crippen LogP) is -7.41. The molecule has 0 saturated carbocycles. The van der Waals surface area contributed by atoms with E-state index in [9.17, 15) is 45.6 Å². The Bertz CT molecular complexity index is 816. The average molecular weight is 638 g/mol. The Labute approximate surface area is 230 Å². The second-order valence-corrected chi connectivity index (χ2v) is 9.95. The van der Waals surface area contributed by atoms with Gasteiger partial charge in [-0.15, -0.1) is 0 Å². The van der Waals surface area contributed by atoms with E-state index in [0.717, 1.165) is 0 Å². The molecule has 14 N–H and O–H groups in total. The van der Waals surface area contributed by atoms with E-state index >= 15 is 0 Å². The van der Waals surface area contributed by atoms with Crippen molar-refractivity contribution < 1.29 is 74.1 Å². The van der Waals surface area contributed by atoms with Crippen LogP contribution in [-0.4, -0.2) is 164 Å². The minimum Gasteiger partial charge on any atom is -0.427 e. The highest BCUT2D eigenvalue weighted by Gasteiger charge is 2.58. The zero-order valence-corrected chi connectivity index (χ0v) is 22.0. The summed E-state index contributed by atoms with van der Waals surface area (Å²) in [6.07, 6.45) is -17.5. The Balaban J connectivity index is 1.78. The number of hydrogen-bond acceptors (Lipinski definition) is 18. The van der Waals surface area contributed by atoms with Gasteiger partial charge in [0.15, 0.2) is 18.9 Å². The van der Waals surface area contributed by atoms with Gasteiger partial charge >= 0.3 is 5.97 Å². The molecule has 18 nitrogen and oxygen atoms in total. The number of rotatable bonds is 9. The van der Waals surface area contributed by atoms with Crippen LogP contribution in [-0.2, 0) is 33.2 Å². The zero-order valence-electron chi connectivity index (χ0n) is 20.5. The first-order valence-corrected chi connectivity index (χ1v) is 13.0. The normalized spacial score (nSPS) is 49.0. The second-order valence-electron chi connectivity index (χ2n) is 9.39. The highest BCUT2D eigenvalue weighted by atomic mass is 79.9. The van der Waals surface area contributed by atoms with Crippen LogP contribution in [0.2, 0.25) is 0 Å². The van der Waals surface area contributed by atoms with Gasteiger partial charge < -0.3 is 86.5 Å². The van der Waals surface area contributed by atoms with Crippen LogP contribution in [0.3, 0.4) is 0 Å². The summed E-state index contributed by atoms with van der Waals surface area (Å²) in [6.45, 7) is -2.60. The number of carbonyl (C=O) groups is 1. The fourth-order valence-electron chi connectivity index (χ4n) is 4.52. The highest BCUT2D eigenvalue weighted by molar-refractivity contribution is 9.09. The van der Waals surface area contributed by atoms with Crippen molar-refractivity contribution in [1.82, 2.24) is 0 Å². The van der Waals surface area contributed by atoms with E-state index in [2.05, 4.69) is 15.9 Å². The fraction of sp³-hybridized carbons (Fsp3) is 0.950. The number of alkyl halides is 1. The summed E-state index contributed by atoms with van der Waals surface area (Å²) in [5, 5.41) is 81.1. The minimum absolute atomic E-state index is 0.349. The van der Waals surface area contributed by atoms with Crippen LogP contribution in [0, 0.1) is 0 Å². The van der Waals surface area contributed by atoms with Crippen molar-refractivity contribution in [2.75, 3.05) is 25.2 Å². The van der Waals surface area contributed by atoms with Crippen LogP contribution in [0.1, 0.15) is 0 Å². The van der Waals surface area contributed by atoms with Gasteiger partial charge in [0, 0.05) is 0 Å². The molecule has 0 radical (unpaired) electrons. The first-order chi connectivity index (χ1) is 18.3. The quantitative estimate of drug-likeness (QED) is 0.0825. The first-order valence-electron chi connectivity index (χ1n) is 11.9. The molecule has 3 heterocycles. The Kier molecular flexibility index (Phi) is 11.4. The van der Waals surface area contributed by atoms with Crippen molar-refractivity contribution in [2.24, 2.45) is 17.2 Å². The third kappa shape index (κ3) is 6.54. The van der Waals surface area contributed by atoms with E-state index in [1.54, 1.807) is 0 Å². The summed E-state index contributed by atoms with van der Waals surface area (Å²) in [6, 6.07) is -4.26. The third-order valence-electron chi connectivity index (χ3n) is 6.82. The molecule has 39 heavy (non-hydrogen) atoms. The maximum atomic E-state index is 11.9. The summed E-state index contributed by atoms with van der Waals surface area (Å²) in [5.41, 5.74) is 17.7. The molecule has 228 valence electrons. The number of ether oxygens (including phenoxy) is 6. The lowest BCUT2D eigenvalue weighted by atomic mass is 9.93. The maximum Gasteiger partial charge on any atom is 0.319 e. The van der Waals surface area contributed by atoms with Crippen molar-refractivity contribution in [2.45, 2.75) is 91.6 Å². The molecule has 3 saturated heterocycles. The lowest BCUT2D eigenvalue weighted by Gasteiger charge is -2.50. The summed E-state index contributed by atoms with van der Waals surface area (Å²) >= 11 is 2.86. The van der Waals surface area contributed by atoms with Gasteiger partial charge in [0.1, 0.15) is 60.8 Å². The van der Waals surface area contributed by atoms with E-state index in [0.29, 0.717) is 0 Å². The second kappa shape index (κ2) is 13.5.